The van der Waals surface area contributed by atoms with Gasteiger partial charge < -0.3 is 9.64 Å². The van der Waals surface area contributed by atoms with Gasteiger partial charge >= 0.3 is 0 Å². The van der Waals surface area contributed by atoms with E-state index in [0.29, 0.717) is 54.1 Å². The quantitative estimate of drug-likeness (QED) is 0.305. The maximum absolute atomic E-state index is 15.4. The van der Waals surface area contributed by atoms with Gasteiger partial charge in [-0.15, -0.1) is 11.8 Å². The molecular formula is C30H25ClF2N4O3S. The van der Waals surface area contributed by atoms with E-state index in [1.54, 1.807) is 33.8 Å². The number of hydrogen-bond acceptors (Lipinski definition) is 5. The van der Waals surface area contributed by atoms with Gasteiger partial charge in [-0.1, -0.05) is 60.1 Å². The molecule has 4 aromatic rings. The van der Waals surface area contributed by atoms with Crippen LogP contribution in [0.1, 0.15) is 16.4 Å². The molecule has 7 nitrogen and oxygen atoms in total. The number of anilines is 1. The molecule has 3 aromatic carbocycles. The zero-order valence-electron chi connectivity index (χ0n) is 21.8. The van der Waals surface area contributed by atoms with Gasteiger partial charge in [-0.3, -0.25) is 14.5 Å². The highest BCUT2D eigenvalue weighted by Gasteiger charge is 2.39. The summed E-state index contributed by atoms with van der Waals surface area (Å²) in [6.45, 7) is 1.44. The number of amides is 2. The van der Waals surface area contributed by atoms with Crippen LogP contribution in [0.15, 0.2) is 72.8 Å². The molecule has 1 saturated heterocycles. The van der Waals surface area contributed by atoms with E-state index >= 15 is 4.39 Å². The molecule has 1 fully saturated rings. The molecule has 0 spiro atoms. The van der Waals surface area contributed by atoms with Crippen molar-refractivity contribution in [2.24, 2.45) is 0 Å². The van der Waals surface area contributed by atoms with Gasteiger partial charge in [-0.2, -0.15) is 5.10 Å². The van der Waals surface area contributed by atoms with Crippen molar-refractivity contribution < 1.29 is 23.1 Å². The van der Waals surface area contributed by atoms with E-state index in [1.165, 1.54) is 28.8 Å². The van der Waals surface area contributed by atoms with Crippen LogP contribution in [-0.2, 0) is 14.3 Å². The molecule has 210 valence electrons. The van der Waals surface area contributed by atoms with E-state index in [9.17, 15) is 14.0 Å². The van der Waals surface area contributed by atoms with Crippen molar-refractivity contribution in [1.82, 2.24) is 14.7 Å². The predicted molar refractivity (Wildman–Crippen MR) is 154 cm³/mol. The molecular weight excluding hydrogens is 570 g/mol. The van der Waals surface area contributed by atoms with Gasteiger partial charge in [-0.25, -0.2) is 13.5 Å². The smallest absolute Gasteiger partial charge is 0.242 e. The van der Waals surface area contributed by atoms with Crippen LogP contribution in [0, 0.1) is 11.6 Å². The molecule has 6 rings (SSSR count). The Balaban J connectivity index is 1.61. The van der Waals surface area contributed by atoms with E-state index in [1.807, 2.05) is 30.3 Å². The Hall–Kier alpha value is -3.73. The van der Waals surface area contributed by atoms with Gasteiger partial charge in [-0.05, 0) is 18.2 Å². The van der Waals surface area contributed by atoms with Gasteiger partial charge in [0.25, 0.3) is 0 Å². The molecule has 0 bridgehead atoms. The van der Waals surface area contributed by atoms with Gasteiger partial charge in [0, 0.05) is 35.8 Å². The van der Waals surface area contributed by atoms with Gasteiger partial charge in [0.15, 0.2) is 0 Å². The molecule has 0 N–H and O–H groups in total. The maximum atomic E-state index is 15.4. The van der Waals surface area contributed by atoms with E-state index in [0.717, 1.165) is 11.6 Å². The van der Waals surface area contributed by atoms with Crippen LogP contribution in [0.4, 0.5) is 14.6 Å². The molecule has 3 heterocycles. The van der Waals surface area contributed by atoms with Crippen molar-refractivity contribution in [2.45, 2.75) is 5.25 Å². The number of carbonyl (C=O) groups is 2. The van der Waals surface area contributed by atoms with Crippen molar-refractivity contribution >= 4 is 41.0 Å². The Bertz CT molecular complexity index is 1610. The maximum Gasteiger partial charge on any atom is 0.242 e. The summed E-state index contributed by atoms with van der Waals surface area (Å²) in [4.78, 5) is 30.4. The van der Waals surface area contributed by atoms with E-state index in [2.05, 4.69) is 0 Å². The van der Waals surface area contributed by atoms with Crippen molar-refractivity contribution in [1.29, 1.82) is 0 Å². The zero-order chi connectivity index (χ0) is 28.5. The summed E-state index contributed by atoms with van der Waals surface area (Å²) < 4.78 is 36.3. The predicted octanol–water partition coefficient (Wildman–Crippen LogP) is 5.50. The van der Waals surface area contributed by atoms with Crippen LogP contribution >= 0.6 is 23.4 Å². The largest absolute Gasteiger partial charge is 0.378 e. The minimum atomic E-state index is -0.733. The fourth-order valence-corrected chi connectivity index (χ4v) is 6.56. The fraction of sp³-hybridized carbons (Fsp3) is 0.233. The minimum Gasteiger partial charge on any atom is -0.378 e. The Labute approximate surface area is 244 Å². The average Bonchev–Trinajstić information content (AvgIpc) is 3.31. The number of aromatic nitrogens is 2. The number of morpholine rings is 1. The first-order valence-corrected chi connectivity index (χ1v) is 14.5. The Morgan fingerprint density at radius 2 is 1.76 bits per heavy atom. The second-order valence-corrected chi connectivity index (χ2v) is 11.1. The summed E-state index contributed by atoms with van der Waals surface area (Å²) in [6, 6.07) is 19.8. The van der Waals surface area contributed by atoms with Gasteiger partial charge in [0.05, 0.1) is 40.6 Å². The highest BCUT2D eigenvalue weighted by molar-refractivity contribution is 8.00. The lowest BCUT2D eigenvalue weighted by atomic mass is 9.99. The van der Waals surface area contributed by atoms with Crippen LogP contribution in [0.25, 0.3) is 16.9 Å². The number of nitrogens with zero attached hydrogens (tertiary/aromatic N) is 4. The van der Waals surface area contributed by atoms with E-state index in [-0.39, 0.29) is 29.7 Å². The number of para-hydroxylation sites is 1. The molecule has 41 heavy (non-hydrogen) atoms. The molecule has 2 aliphatic heterocycles. The normalized spacial score (nSPS) is 17.3. The molecule has 2 aliphatic rings. The highest BCUT2D eigenvalue weighted by atomic mass is 35.5. The number of benzene rings is 3. The number of hydrogen-bond donors (Lipinski definition) is 0. The fourth-order valence-electron chi connectivity index (χ4n) is 5.13. The third-order valence-electron chi connectivity index (χ3n) is 7.12. The number of thioether (sulfide) groups is 1. The van der Waals surface area contributed by atoms with Crippen LogP contribution in [0.2, 0.25) is 5.02 Å². The summed E-state index contributed by atoms with van der Waals surface area (Å²) in [5, 5.41) is 4.59. The minimum absolute atomic E-state index is 0.0384. The first-order valence-electron chi connectivity index (χ1n) is 13.1. The summed E-state index contributed by atoms with van der Waals surface area (Å²) in [5.74, 6) is -1.73. The molecule has 1 aromatic heterocycles. The first-order chi connectivity index (χ1) is 19.9. The number of halogens is 3. The van der Waals surface area contributed by atoms with E-state index in [4.69, 9.17) is 21.4 Å². The van der Waals surface area contributed by atoms with Crippen LogP contribution < -0.4 is 4.90 Å². The number of carbonyl (C=O) groups excluding carboxylic acids is 2. The van der Waals surface area contributed by atoms with E-state index < -0.39 is 16.9 Å². The standard InChI is InChI=1S/C30H25ClF2N4O3S/c31-22-8-4-5-9-24(22)37-30-27(28(34-37)19-6-2-1-3-7-19)29(21-11-10-20(32)16-23(21)33)41-18-26(39)36(30)17-25(38)35-12-14-40-15-13-35/h1-11,16,29H,12-15,17-18H2/t29-/m0/s1. The van der Waals surface area contributed by atoms with Crippen LogP contribution in [0.3, 0.4) is 0 Å². The van der Waals surface area contributed by atoms with Crippen LogP contribution in [0.5, 0.6) is 0 Å². The second kappa shape index (κ2) is 11.6. The molecule has 11 heteroatoms. The Morgan fingerprint density at radius 3 is 2.49 bits per heavy atom. The average molecular weight is 595 g/mol. The lowest BCUT2D eigenvalue weighted by molar-refractivity contribution is -0.134. The zero-order valence-corrected chi connectivity index (χ0v) is 23.4. The lowest BCUT2D eigenvalue weighted by Crippen LogP contribution is -2.48. The number of fused-ring (bicyclic) bond motifs is 1. The Morgan fingerprint density at radius 1 is 1.02 bits per heavy atom. The summed E-state index contributed by atoms with van der Waals surface area (Å²) in [5.41, 5.74) is 2.47. The molecule has 0 aliphatic carbocycles. The second-order valence-electron chi connectivity index (χ2n) is 9.65. The molecule has 2 amide bonds. The highest BCUT2D eigenvalue weighted by Crippen LogP contribution is 2.49. The topological polar surface area (TPSA) is 67.7 Å². The number of rotatable bonds is 5. The van der Waals surface area contributed by atoms with Crippen molar-refractivity contribution in [3.63, 3.8) is 0 Å². The molecule has 0 radical (unpaired) electrons. The molecule has 0 unspecified atom stereocenters. The summed E-state index contributed by atoms with van der Waals surface area (Å²) in [7, 11) is 0. The summed E-state index contributed by atoms with van der Waals surface area (Å²) >= 11 is 7.86. The molecule has 0 saturated carbocycles. The first kappa shape index (κ1) is 27.4. The van der Waals surface area contributed by atoms with Crippen molar-refractivity contribution in [3.05, 3.63) is 101 Å². The Kier molecular flexibility index (Phi) is 7.79. The summed E-state index contributed by atoms with van der Waals surface area (Å²) in [6.07, 6.45) is 0. The van der Waals surface area contributed by atoms with Crippen molar-refractivity contribution in [3.8, 4) is 16.9 Å². The number of ether oxygens (including phenoxy) is 1. The van der Waals surface area contributed by atoms with Gasteiger partial charge in [0.2, 0.25) is 11.8 Å². The van der Waals surface area contributed by atoms with Gasteiger partial charge in [0.1, 0.15) is 24.0 Å². The molecule has 1 atom stereocenters. The van der Waals surface area contributed by atoms with Crippen LogP contribution in [-0.4, -0.2) is 65.1 Å². The monoisotopic (exact) mass is 594 g/mol. The third-order valence-corrected chi connectivity index (χ3v) is 8.68. The lowest BCUT2D eigenvalue weighted by Gasteiger charge is -2.30. The SMILES string of the molecule is O=C(CN1C(=O)CS[C@@H](c2ccc(F)cc2F)c2c(-c3ccccc3)nn(-c3ccccc3Cl)c21)N1CCOCC1. The van der Waals surface area contributed by atoms with Crippen molar-refractivity contribution in [2.75, 3.05) is 43.5 Å². The third kappa shape index (κ3) is 5.35.